The summed E-state index contributed by atoms with van der Waals surface area (Å²) in [6, 6.07) is 0.480. The molecule has 1 fully saturated rings. The highest BCUT2D eigenvalue weighted by molar-refractivity contribution is 4.97. The topological polar surface area (TPSA) is 45.0 Å². The number of aliphatic hydroxyl groups is 1. The predicted molar refractivity (Wildman–Crippen MR) is 36.9 cm³/mol. The monoisotopic (exact) mass is 140 g/mol. The number of hydrogen-bond donors (Lipinski definition) is 1. The minimum Gasteiger partial charge on any atom is -0.394 e. The average Bonchev–Trinajstić information content (AvgIpc) is 2.08. The molecule has 2 heterocycles. The Labute approximate surface area is 60.2 Å². The highest BCUT2D eigenvalue weighted by atomic mass is 16.3. The van der Waals surface area contributed by atoms with Gasteiger partial charge in [0.05, 0.1) is 12.6 Å². The lowest BCUT2D eigenvalue weighted by atomic mass is 9.79. The standard InChI is InChI=1S/C7H12N2O/c10-5-7-3-1-6(2-4-7)8-9-7/h6,10H,1-5H2. The third kappa shape index (κ3) is 0.770. The van der Waals surface area contributed by atoms with Crippen LogP contribution in [-0.2, 0) is 0 Å². The van der Waals surface area contributed by atoms with Gasteiger partial charge in [-0.1, -0.05) is 0 Å². The number of aliphatic hydroxyl groups excluding tert-OH is 1. The molecule has 0 aromatic rings. The molecule has 0 saturated heterocycles. The first-order valence-electron chi connectivity index (χ1n) is 3.88. The quantitative estimate of drug-likeness (QED) is 0.583. The summed E-state index contributed by atoms with van der Waals surface area (Å²) in [5.74, 6) is 0. The fourth-order valence-corrected chi connectivity index (χ4v) is 1.75. The molecule has 0 aromatic heterocycles. The maximum atomic E-state index is 9.01. The van der Waals surface area contributed by atoms with Crippen LogP contribution in [0.5, 0.6) is 0 Å². The Balaban J connectivity index is 2.22. The summed E-state index contributed by atoms with van der Waals surface area (Å²) in [5.41, 5.74) is -0.158. The van der Waals surface area contributed by atoms with Crippen molar-refractivity contribution in [3.8, 4) is 0 Å². The van der Waals surface area contributed by atoms with E-state index in [1.807, 2.05) is 0 Å². The number of rotatable bonds is 1. The van der Waals surface area contributed by atoms with Crippen LogP contribution >= 0.6 is 0 Å². The van der Waals surface area contributed by atoms with Crippen molar-refractivity contribution in [2.75, 3.05) is 6.61 Å². The highest BCUT2D eigenvalue weighted by Gasteiger charge is 2.38. The van der Waals surface area contributed by atoms with Crippen molar-refractivity contribution in [3.05, 3.63) is 0 Å². The van der Waals surface area contributed by atoms with Crippen LogP contribution in [0.1, 0.15) is 25.7 Å². The first-order valence-corrected chi connectivity index (χ1v) is 3.88. The van der Waals surface area contributed by atoms with Crippen LogP contribution in [0.25, 0.3) is 0 Å². The van der Waals surface area contributed by atoms with Gasteiger partial charge in [0.1, 0.15) is 5.54 Å². The molecule has 3 nitrogen and oxygen atoms in total. The van der Waals surface area contributed by atoms with Crippen LogP contribution in [0.4, 0.5) is 0 Å². The van der Waals surface area contributed by atoms with E-state index in [1.165, 1.54) is 0 Å². The van der Waals surface area contributed by atoms with E-state index in [2.05, 4.69) is 10.2 Å². The third-order valence-corrected chi connectivity index (χ3v) is 2.61. The number of azo groups is 1. The van der Waals surface area contributed by atoms with Crippen molar-refractivity contribution in [2.45, 2.75) is 37.3 Å². The zero-order valence-electron chi connectivity index (χ0n) is 5.95. The van der Waals surface area contributed by atoms with Gasteiger partial charge in [0.25, 0.3) is 0 Å². The molecule has 1 N–H and O–H groups in total. The molecule has 0 amide bonds. The summed E-state index contributed by atoms with van der Waals surface area (Å²) in [4.78, 5) is 0. The van der Waals surface area contributed by atoms with Gasteiger partial charge < -0.3 is 5.11 Å². The van der Waals surface area contributed by atoms with E-state index in [0.717, 1.165) is 25.7 Å². The van der Waals surface area contributed by atoms with Crippen molar-refractivity contribution in [3.63, 3.8) is 0 Å². The molecule has 56 valence electrons. The van der Waals surface area contributed by atoms with E-state index in [9.17, 15) is 0 Å². The Bertz CT molecular complexity index is 159. The summed E-state index contributed by atoms with van der Waals surface area (Å²) in [6.07, 6.45) is 4.34. The molecule has 0 spiro atoms. The molecular formula is C7H12N2O. The molecule has 2 aliphatic heterocycles. The lowest BCUT2D eigenvalue weighted by Gasteiger charge is -2.37. The molecule has 1 saturated carbocycles. The minimum atomic E-state index is -0.158. The lowest BCUT2D eigenvalue weighted by Crippen LogP contribution is -2.40. The Hall–Kier alpha value is -0.440. The number of fused-ring (bicyclic) bond motifs is 2. The van der Waals surface area contributed by atoms with Gasteiger partial charge in [0.2, 0.25) is 0 Å². The maximum Gasteiger partial charge on any atom is 0.105 e. The summed E-state index contributed by atoms with van der Waals surface area (Å²) in [6.45, 7) is 0.184. The summed E-state index contributed by atoms with van der Waals surface area (Å²) >= 11 is 0. The zero-order chi connectivity index (χ0) is 7.03. The van der Waals surface area contributed by atoms with Crippen LogP contribution in [0, 0.1) is 0 Å². The molecule has 3 aliphatic rings. The molecule has 0 radical (unpaired) electrons. The summed E-state index contributed by atoms with van der Waals surface area (Å²) < 4.78 is 0. The average molecular weight is 140 g/mol. The van der Waals surface area contributed by atoms with E-state index >= 15 is 0 Å². The second-order valence-electron chi connectivity index (χ2n) is 3.33. The molecule has 0 atom stereocenters. The van der Waals surface area contributed by atoms with Gasteiger partial charge in [-0.3, -0.25) is 0 Å². The van der Waals surface area contributed by atoms with Gasteiger partial charge in [0, 0.05) is 0 Å². The Morgan fingerprint density at radius 3 is 2.40 bits per heavy atom. The van der Waals surface area contributed by atoms with Crippen LogP contribution in [0.2, 0.25) is 0 Å². The van der Waals surface area contributed by atoms with Crippen molar-refractivity contribution < 1.29 is 5.11 Å². The van der Waals surface area contributed by atoms with E-state index in [0.29, 0.717) is 6.04 Å². The molecular weight excluding hydrogens is 128 g/mol. The largest absolute Gasteiger partial charge is 0.394 e. The predicted octanol–water partition coefficient (Wildman–Crippen LogP) is 1.13. The van der Waals surface area contributed by atoms with E-state index in [-0.39, 0.29) is 12.1 Å². The molecule has 1 aliphatic carbocycles. The molecule has 3 heteroatoms. The molecule has 0 aromatic carbocycles. The van der Waals surface area contributed by atoms with Gasteiger partial charge in [0.15, 0.2) is 0 Å². The lowest BCUT2D eigenvalue weighted by molar-refractivity contribution is 0.120. The minimum absolute atomic E-state index is 0.158. The first-order chi connectivity index (χ1) is 4.85. The molecule has 10 heavy (non-hydrogen) atoms. The zero-order valence-corrected chi connectivity index (χ0v) is 5.95. The van der Waals surface area contributed by atoms with Crippen LogP contribution in [0.15, 0.2) is 10.2 Å². The van der Waals surface area contributed by atoms with E-state index in [1.54, 1.807) is 0 Å². The summed E-state index contributed by atoms with van der Waals surface area (Å²) in [5, 5.41) is 17.2. The van der Waals surface area contributed by atoms with Crippen LogP contribution in [0.3, 0.4) is 0 Å². The summed E-state index contributed by atoms with van der Waals surface area (Å²) in [7, 11) is 0. The highest BCUT2D eigenvalue weighted by Crippen LogP contribution is 2.37. The molecule has 0 unspecified atom stereocenters. The van der Waals surface area contributed by atoms with Crippen molar-refractivity contribution in [2.24, 2.45) is 10.2 Å². The van der Waals surface area contributed by atoms with Gasteiger partial charge in [-0.05, 0) is 25.7 Å². The number of hydrogen-bond acceptors (Lipinski definition) is 3. The third-order valence-electron chi connectivity index (χ3n) is 2.61. The normalized spacial score (nSPS) is 44.3. The van der Waals surface area contributed by atoms with Crippen molar-refractivity contribution >= 4 is 0 Å². The van der Waals surface area contributed by atoms with Gasteiger partial charge in [-0.2, -0.15) is 10.2 Å². The number of nitrogens with zero attached hydrogens (tertiary/aromatic N) is 2. The fourth-order valence-electron chi connectivity index (χ4n) is 1.75. The Morgan fingerprint density at radius 2 is 2.10 bits per heavy atom. The second kappa shape index (κ2) is 2.02. The maximum absolute atomic E-state index is 9.01. The van der Waals surface area contributed by atoms with Crippen molar-refractivity contribution in [1.29, 1.82) is 0 Å². The molecule has 3 rings (SSSR count). The van der Waals surface area contributed by atoms with E-state index in [4.69, 9.17) is 5.11 Å². The van der Waals surface area contributed by atoms with Gasteiger partial charge in [-0.25, -0.2) is 0 Å². The fraction of sp³-hybridized carbons (Fsp3) is 1.00. The van der Waals surface area contributed by atoms with Crippen LogP contribution in [-0.4, -0.2) is 23.3 Å². The smallest absolute Gasteiger partial charge is 0.105 e. The van der Waals surface area contributed by atoms with E-state index < -0.39 is 0 Å². The Morgan fingerprint density at radius 1 is 1.40 bits per heavy atom. The first kappa shape index (κ1) is 6.28. The van der Waals surface area contributed by atoms with Gasteiger partial charge >= 0.3 is 0 Å². The molecule has 2 bridgehead atoms. The van der Waals surface area contributed by atoms with Crippen LogP contribution < -0.4 is 0 Å². The Kier molecular flexibility index (Phi) is 1.27. The SMILES string of the molecule is OCC12CCC(CC1)N=N2. The second-order valence-corrected chi connectivity index (χ2v) is 3.33. The van der Waals surface area contributed by atoms with Crippen molar-refractivity contribution in [1.82, 2.24) is 0 Å². The van der Waals surface area contributed by atoms with Gasteiger partial charge in [-0.15, -0.1) is 0 Å².